The van der Waals surface area contributed by atoms with Crippen molar-refractivity contribution in [2.24, 2.45) is 0 Å². The maximum Gasteiger partial charge on any atom is 0.338 e. The van der Waals surface area contributed by atoms with Crippen molar-refractivity contribution in [2.75, 3.05) is 13.2 Å². The SMILES string of the molecule is CCCOC(=O)c1ccc(OCC(=O)NNC(=S)NC(=O)c2cccc(OC(C)CC)c2)cc1. The Balaban J connectivity index is 1.74. The highest BCUT2D eigenvalue weighted by Gasteiger charge is 2.11. The van der Waals surface area contributed by atoms with Gasteiger partial charge in [0, 0.05) is 5.56 Å². The third-order valence-electron chi connectivity index (χ3n) is 4.45. The second-order valence-corrected chi connectivity index (χ2v) is 7.68. The van der Waals surface area contributed by atoms with E-state index < -0.39 is 17.8 Å². The van der Waals surface area contributed by atoms with E-state index in [4.69, 9.17) is 26.4 Å². The Bertz CT molecular complexity index is 996. The molecule has 0 aliphatic rings. The zero-order valence-electron chi connectivity index (χ0n) is 19.4. The molecule has 1 atom stereocenters. The van der Waals surface area contributed by atoms with Crippen molar-refractivity contribution in [3.63, 3.8) is 0 Å². The second-order valence-electron chi connectivity index (χ2n) is 7.27. The number of hydrazine groups is 1. The molecular formula is C24H29N3O6S. The highest BCUT2D eigenvalue weighted by molar-refractivity contribution is 7.80. The third kappa shape index (κ3) is 9.07. The van der Waals surface area contributed by atoms with E-state index in [0.717, 1.165) is 12.8 Å². The van der Waals surface area contributed by atoms with Crippen molar-refractivity contribution in [1.82, 2.24) is 16.2 Å². The molecular weight excluding hydrogens is 458 g/mol. The quantitative estimate of drug-likeness (QED) is 0.266. The summed E-state index contributed by atoms with van der Waals surface area (Å²) < 4.78 is 16.1. The Kier molecular flexibility index (Phi) is 10.8. The first-order chi connectivity index (χ1) is 16.3. The Hall–Kier alpha value is -3.66. The molecule has 0 radical (unpaired) electrons. The van der Waals surface area contributed by atoms with Gasteiger partial charge in [-0.25, -0.2) is 4.79 Å². The van der Waals surface area contributed by atoms with Gasteiger partial charge in [-0.1, -0.05) is 19.9 Å². The van der Waals surface area contributed by atoms with Crippen LogP contribution in [0.4, 0.5) is 0 Å². The first-order valence-electron chi connectivity index (χ1n) is 10.9. The van der Waals surface area contributed by atoms with Crippen molar-refractivity contribution >= 4 is 35.1 Å². The summed E-state index contributed by atoms with van der Waals surface area (Å²) in [6.07, 6.45) is 1.61. The smallest absolute Gasteiger partial charge is 0.338 e. The van der Waals surface area contributed by atoms with Gasteiger partial charge in [0.25, 0.3) is 11.8 Å². The minimum Gasteiger partial charge on any atom is -0.491 e. The first kappa shape index (κ1) is 26.6. The van der Waals surface area contributed by atoms with Gasteiger partial charge < -0.3 is 14.2 Å². The highest BCUT2D eigenvalue weighted by Crippen LogP contribution is 2.16. The van der Waals surface area contributed by atoms with Crippen LogP contribution in [0.2, 0.25) is 0 Å². The number of hydrogen-bond donors (Lipinski definition) is 3. The fourth-order valence-corrected chi connectivity index (χ4v) is 2.65. The van der Waals surface area contributed by atoms with Crippen molar-refractivity contribution in [3.05, 3.63) is 59.7 Å². The lowest BCUT2D eigenvalue weighted by Crippen LogP contribution is -2.49. The predicted octanol–water partition coefficient (Wildman–Crippen LogP) is 3.15. The molecule has 0 aliphatic carbocycles. The van der Waals surface area contributed by atoms with Crippen LogP contribution in [0.15, 0.2) is 48.5 Å². The van der Waals surface area contributed by atoms with Crippen LogP contribution >= 0.6 is 12.2 Å². The monoisotopic (exact) mass is 487 g/mol. The van der Waals surface area contributed by atoms with E-state index in [1.807, 2.05) is 20.8 Å². The molecule has 0 heterocycles. The van der Waals surface area contributed by atoms with Crippen LogP contribution in [-0.4, -0.2) is 42.2 Å². The molecule has 0 spiro atoms. The molecule has 0 aliphatic heterocycles. The topological polar surface area (TPSA) is 115 Å². The largest absolute Gasteiger partial charge is 0.491 e. The Morgan fingerprint density at radius 1 is 0.971 bits per heavy atom. The molecule has 2 aromatic rings. The van der Waals surface area contributed by atoms with Gasteiger partial charge in [-0.15, -0.1) is 0 Å². The lowest BCUT2D eigenvalue weighted by molar-refractivity contribution is -0.123. The summed E-state index contributed by atoms with van der Waals surface area (Å²) >= 11 is 5.04. The molecule has 0 fully saturated rings. The maximum absolute atomic E-state index is 12.4. The number of ether oxygens (including phenoxy) is 3. The third-order valence-corrected chi connectivity index (χ3v) is 4.65. The van der Waals surface area contributed by atoms with E-state index in [0.29, 0.717) is 29.2 Å². The van der Waals surface area contributed by atoms with E-state index in [1.165, 1.54) is 0 Å². The molecule has 0 aromatic heterocycles. The number of rotatable bonds is 10. The van der Waals surface area contributed by atoms with Crippen molar-refractivity contribution in [3.8, 4) is 11.5 Å². The molecule has 3 N–H and O–H groups in total. The van der Waals surface area contributed by atoms with Gasteiger partial charge in [0.2, 0.25) is 0 Å². The molecule has 10 heteroatoms. The molecule has 0 saturated carbocycles. The summed E-state index contributed by atoms with van der Waals surface area (Å²) in [6, 6.07) is 13.0. The summed E-state index contributed by atoms with van der Waals surface area (Å²) in [6.45, 7) is 5.91. The van der Waals surface area contributed by atoms with Crippen LogP contribution in [0.1, 0.15) is 54.3 Å². The molecule has 0 saturated heterocycles. The molecule has 2 aromatic carbocycles. The van der Waals surface area contributed by atoms with Crippen LogP contribution < -0.4 is 25.6 Å². The van der Waals surface area contributed by atoms with E-state index in [-0.39, 0.29) is 17.8 Å². The fraction of sp³-hybridized carbons (Fsp3) is 0.333. The normalized spacial score (nSPS) is 11.0. The van der Waals surface area contributed by atoms with Gasteiger partial charge in [0.15, 0.2) is 11.7 Å². The number of carbonyl (C=O) groups is 3. The maximum atomic E-state index is 12.4. The highest BCUT2D eigenvalue weighted by atomic mass is 32.1. The molecule has 182 valence electrons. The van der Waals surface area contributed by atoms with Crippen LogP contribution in [0.25, 0.3) is 0 Å². The van der Waals surface area contributed by atoms with E-state index in [2.05, 4.69) is 16.2 Å². The molecule has 2 rings (SSSR count). The summed E-state index contributed by atoms with van der Waals surface area (Å²) in [7, 11) is 0. The average Bonchev–Trinajstić information content (AvgIpc) is 2.85. The lowest BCUT2D eigenvalue weighted by Gasteiger charge is -2.14. The first-order valence-corrected chi connectivity index (χ1v) is 11.3. The number of esters is 1. The number of benzene rings is 2. The van der Waals surface area contributed by atoms with Crippen molar-refractivity contribution in [2.45, 2.75) is 39.7 Å². The second kappa shape index (κ2) is 13.8. The fourth-order valence-electron chi connectivity index (χ4n) is 2.51. The summed E-state index contributed by atoms with van der Waals surface area (Å²) in [5, 5.41) is 2.40. The number of carbonyl (C=O) groups excluding carboxylic acids is 3. The minimum atomic E-state index is -0.521. The number of amides is 2. The van der Waals surface area contributed by atoms with Crippen LogP contribution in [-0.2, 0) is 9.53 Å². The average molecular weight is 488 g/mol. The molecule has 34 heavy (non-hydrogen) atoms. The molecule has 1 unspecified atom stereocenters. The minimum absolute atomic E-state index is 0.0266. The molecule has 9 nitrogen and oxygen atoms in total. The van der Waals surface area contributed by atoms with Gasteiger partial charge in [-0.2, -0.15) is 0 Å². The van der Waals surface area contributed by atoms with Gasteiger partial charge in [-0.05, 0) is 74.4 Å². The van der Waals surface area contributed by atoms with Gasteiger partial charge in [0.1, 0.15) is 11.5 Å². The van der Waals surface area contributed by atoms with E-state index in [1.54, 1.807) is 48.5 Å². The summed E-state index contributed by atoms with van der Waals surface area (Å²) in [5.41, 5.74) is 5.54. The Labute approximate surface area is 204 Å². The summed E-state index contributed by atoms with van der Waals surface area (Å²) in [4.78, 5) is 36.2. The Morgan fingerprint density at radius 2 is 1.71 bits per heavy atom. The van der Waals surface area contributed by atoms with E-state index >= 15 is 0 Å². The van der Waals surface area contributed by atoms with Gasteiger partial charge in [-0.3, -0.25) is 25.8 Å². The molecule has 0 bridgehead atoms. The number of thiocarbonyl (C=S) groups is 1. The van der Waals surface area contributed by atoms with Crippen LogP contribution in [0, 0.1) is 0 Å². The van der Waals surface area contributed by atoms with Crippen molar-refractivity contribution in [1.29, 1.82) is 0 Å². The summed E-state index contributed by atoms with van der Waals surface area (Å²) in [5.74, 6) is -0.405. The van der Waals surface area contributed by atoms with Gasteiger partial charge in [0.05, 0.1) is 18.3 Å². The van der Waals surface area contributed by atoms with Crippen molar-refractivity contribution < 1.29 is 28.6 Å². The lowest BCUT2D eigenvalue weighted by atomic mass is 10.2. The number of nitrogens with one attached hydrogen (secondary N) is 3. The number of hydrogen-bond acceptors (Lipinski definition) is 7. The standard InChI is InChI=1S/C24H29N3O6S/c1-4-13-31-23(30)17-9-11-19(12-10-17)32-15-21(28)26-27-24(34)25-22(29)18-7-6-8-20(14-18)33-16(3)5-2/h6-12,14,16H,4-5,13,15H2,1-3H3,(H,26,28)(H2,25,27,29,34). The zero-order valence-corrected chi connectivity index (χ0v) is 20.2. The Morgan fingerprint density at radius 3 is 2.38 bits per heavy atom. The van der Waals surface area contributed by atoms with Crippen LogP contribution in [0.3, 0.4) is 0 Å². The van der Waals surface area contributed by atoms with Gasteiger partial charge >= 0.3 is 5.97 Å². The zero-order chi connectivity index (χ0) is 24.9. The predicted molar refractivity (Wildman–Crippen MR) is 131 cm³/mol. The van der Waals surface area contributed by atoms with E-state index in [9.17, 15) is 14.4 Å². The molecule has 2 amide bonds. The van der Waals surface area contributed by atoms with Crippen LogP contribution in [0.5, 0.6) is 11.5 Å².